The van der Waals surface area contributed by atoms with Crippen molar-refractivity contribution >= 4 is 35.5 Å². The van der Waals surface area contributed by atoms with Crippen molar-refractivity contribution in [3.05, 3.63) is 0 Å². The zero-order chi connectivity index (χ0) is 36.7. The smallest absolute Gasteiger partial charge is 0.300 e. The number of primary amides is 1. The van der Waals surface area contributed by atoms with Gasteiger partial charge in [0.1, 0.15) is 24.2 Å². The molecule has 0 saturated carbocycles. The molecule has 0 spiro atoms. The Bertz CT molecular complexity index is 916. The minimum Gasteiger partial charge on any atom is -0.481 e. The molecule has 0 heterocycles. The van der Waals surface area contributed by atoms with Gasteiger partial charge in [0.15, 0.2) is 0 Å². The quantitative estimate of drug-likeness (QED) is 0.0563. The minimum atomic E-state index is -0.971. The topological polar surface area (TPSA) is 249 Å². The molecular weight excluding hydrogens is 618 g/mol. The first-order chi connectivity index (χ1) is 22.8. The number of carbonyl (C=O) groups is 6. The molecule has 4 atom stereocenters. The molecule has 0 aromatic heterocycles. The van der Waals surface area contributed by atoms with Crippen LogP contribution in [0.3, 0.4) is 0 Å². The van der Waals surface area contributed by atoms with Gasteiger partial charge in [-0.2, -0.15) is 0 Å². The maximum atomic E-state index is 13.1. The Hall–Kier alpha value is -3.26. The van der Waals surface area contributed by atoms with E-state index in [9.17, 15) is 24.0 Å². The van der Waals surface area contributed by atoms with E-state index in [1.54, 1.807) is 0 Å². The van der Waals surface area contributed by atoms with Crippen LogP contribution in [0.25, 0.3) is 0 Å². The van der Waals surface area contributed by atoms with Gasteiger partial charge in [0.05, 0.1) is 0 Å². The van der Waals surface area contributed by atoms with Crippen molar-refractivity contribution in [2.45, 2.75) is 167 Å². The predicted molar refractivity (Wildman–Crippen MR) is 188 cm³/mol. The fraction of sp³-hybridized carbons (Fsp3) is 0.824. The normalized spacial score (nSPS) is 13.1. The van der Waals surface area contributed by atoms with Crippen LogP contribution in [0.1, 0.15) is 143 Å². The molecular formula is C34H67N7O7. The van der Waals surface area contributed by atoms with E-state index in [0.29, 0.717) is 58.0 Å². The van der Waals surface area contributed by atoms with Crippen molar-refractivity contribution in [1.82, 2.24) is 21.3 Å². The van der Waals surface area contributed by atoms with Crippen LogP contribution >= 0.6 is 0 Å². The summed E-state index contributed by atoms with van der Waals surface area (Å²) in [6.07, 6.45) is 16.7. The highest BCUT2D eigenvalue weighted by molar-refractivity contribution is 5.95. The van der Waals surface area contributed by atoms with E-state index in [0.717, 1.165) is 26.2 Å². The summed E-state index contributed by atoms with van der Waals surface area (Å²) < 4.78 is 0. The molecule has 0 aliphatic rings. The second-order valence-corrected chi connectivity index (χ2v) is 12.4. The van der Waals surface area contributed by atoms with Crippen LogP contribution in [0, 0.1) is 0 Å². The molecule has 280 valence electrons. The summed E-state index contributed by atoms with van der Waals surface area (Å²) in [5, 5.41) is 18.1. The largest absolute Gasteiger partial charge is 0.481 e. The Morgan fingerprint density at radius 2 is 0.958 bits per heavy atom. The molecule has 14 heteroatoms. The summed E-state index contributed by atoms with van der Waals surface area (Å²) in [7, 11) is 0. The number of amides is 5. The van der Waals surface area contributed by atoms with E-state index in [-0.39, 0.29) is 5.91 Å². The van der Waals surface area contributed by atoms with Gasteiger partial charge in [-0.1, -0.05) is 71.1 Å². The number of rotatable bonds is 28. The molecule has 5 amide bonds. The Morgan fingerprint density at radius 3 is 1.38 bits per heavy atom. The molecule has 11 N–H and O–H groups in total. The number of unbranched alkanes of at least 4 members (excludes halogenated alkanes) is 12. The van der Waals surface area contributed by atoms with E-state index in [2.05, 4.69) is 28.2 Å². The highest BCUT2D eigenvalue weighted by Crippen LogP contribution is 2.12. The molecule has 0 saturated heterocycles. The Kier molecular flexibility index (Phi) is 30.3. The predicted octanol–water partition coefficient (Wildman–Crippen LogP) is 2.50. The Labute approximate surface area is 288 Å². The molecule has 0 fully saturated rings. The zero-order valence-corrected chi connectivity index (χ0v) is 30.1. The lowest BCUT2D eigenvalue weighted by Gasteiger charge is -2.24. The molecule has 0 aliphatic carbocycles. The number of carboxylic acid groups (broad SMARTS) is 1. The molecule has 14 nitrogen and oxygen atoms in total. The van der Waals surface area contributed by atoms with Gasteiger partial charge < -0.3 is 43.6 Å². The molecule has 0 rings (SSSR count). The van der Waals surface area contributed by atoms with Crippen molar-refractivity contribution < 1.29 is 33.9 Å². The first-order valence-corrected chi connectivity index (χ1v) is 17.9. The third-order valence-electron chi connectivity index (χ3n) is 7.72. The second kappa shape index (κ2) is 31.0. The SMILES string of the molecule is CC(=O)O.CCCCCCCCCCCCCC(=O)N[C@@H](CCCCN)C(=O)N[C@@H](C)C(=O)N[C@@H](CCCCN)C(=O)N[C@@H](C)C(N)=O. The van der Waals surface area contributed by atoms with E-state index in [1.165, 1.54) is 65.2 Å². The van der Waals surface area contributed by atoms with Crippen LogP contribution < -0.4 is 38.5 Å². The lowest BCUT2D eigenvalue weighted by atomic mass is 10.0. The van der Waals surface area contributed by atoms with Crippen LogP contribution in [0.4, 0.5) is 0 Å². The first-order valence-electron chi connectivity index (χ1n) is 17.9. The lowest BCUT2D eigenvalue weighted by molar-refractivity contribution is -0.134. The van der Waals surface area contributed by atoms with Gasteiger partial charge in [-0.15, -0.1) is 0 Å². The molecule has 0 aromatic rings. The molecule has 0 aromatic carbocycles. The maximum Gasteiger partial charge on any atom is 0.300 e. The van der Waals surface area contributed by atoms with Gasteiger partial charge in [-0.05, 0) is 71.9 Å². The summed E-state index contributed by atoms with van der Waals surface area (Å²) in [4.78, 5) is 71.8. The average Bonchev–Trinajstić information content (AvgIpc) is 3.02. The number of aliphatic carboxylic acids is 1. The van der Waals surface area contributed by atoms with Gasteiger partial charge in [0.2, 0.25) is 29.5 Å². The number of hydrogen-bond acceptors (Lipinski definition) is 8. The highest BCUT2D eigenvalue weighted by atomic mass is 16.4. The summed E-state index contributed by atoms with van der Waals surface area (Å²) in [5.41, 5.74) is 16.4. The van der Waals surface area contributed by atoms with E-state index in [4.69, 9.17) is 27.1 Å². The number of nitrogens with one attached hydrogen (secondary N) is 4. The minimum absolute atomic E-state index is 0.189. The Balaban J connectivity index is 0. The summed E-state index contributed by atoms with van der Waals surface area (Å²) in [5.74, 6) is -3.30. The summed E-state index contributed by atoms with van der Waals surface area (Å²) in [6, 6.07) is -3.60. The van der Waals surface area contributed by atoms with Crippen molar-refractivity contribution in [3.8, 4) is 0 Å². The van der Waals surface area contributed by atoms with Crippen molar-refractivity contribution in [2.75, 3.05) is 13.1 Å². The number of nitrogens with two attached hydrogens (primary N) is 3. The fourth-order valence-electron chi connectivity index (χ4n) is 4.80. The fourth-order valence-corrected chi connectivity index (χ4v) is 4.80. The van der Waals surface area contributed by atoms with Gasteiger partial charge in [-0.25, -0.2) is 0 Å². The van der Waals surface area contributed by atoms with Crippen LogP contribution in [0.15, 0.2) is 0 Å². The van der Waals surface area contributed by atoms with Crippen molar-refractivity contribution in [3.63, 3.8) is 0 Å². The number of carboxylic acids is 1. The van der Waals surface area contributed by atoms with Gasteiger partial charge in [0, 0.05) is 13.3 Å². The summed E-state index contributed by atoms with van der Waals surface area (Å²) >= 11 is 0. The Morgan fingerprint density at radius 1 is 0.562 bits per heavy atom. The third kappa shape index (κ3) is 27.8. The van der Waals surface area contributed by atoms with Crippen LogP contribution in [-0.4, -0.2) is 77.9 Å². The van der Waals surface area contributed by atoms with E-state index in [1.807, 2.05) is 0 Å². The molecule has 0 unspecified atom stereocenters. The third-order valence-corrected chi connectivity index (χ3v) is 7.72. The number of hydrogen-bond donors (Lipinski definition) is 8. The number of carbonyl (C=O) groups excluding carboxylic acids is 5. The average molecular weight is 686 g/mol. The monoisotopic (exact) mass is 686 g/mol. The van der Waals surface area contributed by atoms with Gasteiger partial charge >= 0.3 is 0 Å². The zero-order valence-electron chi connectivity index (χ0n) is 30.1. The van der Waals surface area contributed by atoms with E-state index < -0.39 is 53.8 Å². The van der Waals surface area contributed by atoms with Gasteiger partial charge in [-0.3, -0.25) is 28.8 Å². The standard InChI is InChI=1S/C32H63N7O5.C2H4O2/c1-4-5-6-7-8-9-10-11-12-13-14-21-28(40)38-26(19-15-17-22-33)31(43)37-25(3)30(42)39-27(20-16-18-23-34)32(44)36-24(2)29(35)41;1-2(3)4/h24-27H,4-23,33-34H2,1-3H3,(H2,35,41)(H,36,44)(H,37,43)(H,38,40)(H,39,42);1H3,(H,3,4)/t24-,25-,26-,27-;/m0./s1. The van der Waals surface area contributed by atoms with Crippen LogP contribution in [-0.2, 0) is 28.8 Å². The van der Waals surface area contributed by atoms with Crippen LogP contribution in [0.5, 0.6) is 0 Å². The van der Waals surface area contributed by atoms with Crippen molar-refractivity contribution in [1.29, 1.82) is 0 Å². The molecule has 0 radical (unpaired) electrons. The summed E-state index contributed by atoms with van der Waals surface area (Å²) in [6.45, 7) is 7.19. The lowest BCUT2D eigenvalue weighted by Crippen LogP contribution is -2.57. The van der Waals surface area contributed by atoms with Crippen molar-refractivity contribution in [2.24, 2.45) is 17.2 Å². The van der Waals surface area contributed by atoms with E-state index >= 15 is 0 Å². The second-order valence-electron chi connectivity index (χ2n) is 12.4. The maximum absolute atomic E-state index is 13.1. The van der Waals surface area contributed by atoms with Gasteiger partial charge in [0.25, 0.3) is 5.97 Å². The van der Waals surface area contributed by atoms with Crippen LogP contribution in [0.2, 0.25) is 0 Å². The first kappa shape index (κ1) is 46.9. The molecule has 48 heavy (non-hydrogen) atoms. The highest BCUT2D eigenvalue weighted by Gasteiger charge is 2.28. The molecule has 0 bridgehead atoms. The molecule has 0 aliphatic heterocycles.